The Kier molecular flexibility index (Phi) is 6.84. The van der Waals surface area contributed by atoms with Gasteiger partial charge in [0.05, 0.1) is 6.26 Å². The molecular formula is C15H24N2O3. The number of nitrogens with zero attached hydrogens (tertiary/aromatic N) is 2. The molecule has 2 rings (SSSR count). The molecule has 1 aliphatic rings. The highest BCUT2D eigenvalue weighted by Gasteiger charge is 2.23. The fourth-order valence-corrected chi connectivity index (χ4v) is 2.15. The Hall–Kier alpha value is -1.78. The molecule has 0 radical (unpaired) electrons. The van der Waals surface area contributed by atoms with Crippen LogP contribution in [0.2, 0.25) is 0 Å². The molecule has 0 unspecified atom stereocenters. The molecule has 1 aliphatic heterocycles. The summed E-state index contributed by atoms with van der Waals surface area (Å²) in [6.45, 7) is 8.45. The number of hydrogen-bond acceptors (Lipinski definition) is 3. The quantitative estimate of drug-likeness (QED) is 0.836. The summed E-state index contributed by atoms with van der Waals surface area (Å²) < 4.78 is 5.11. The molecule has 5 nitrogen and oxygen atoms in total. The highest BCUT2D eigenvalue weighted by atomic mass is 16.3. The molecule has 1 aromatic heterocycles. The molecule has 0 aliphatic carbocycles. The molecule has 0 aromatic carbocycles. The summed E-state index contributed by atoms with van der Waals surface area (Å²) in [5.41, 5.74) is 0. The third kappa shape index (κ3) is 4.11. The maximum Gasteiger partial charge on any atom is 0.289 e. The molecule has 2 amide bonds. The molecule has 5 heteroatoms. The summed E-state index contributed by atoms with van der Waals surface area (Å²) in [5.74, 6) is 0.429. The smallest absolute Gasteiger partial charge is 0.289 e. The van der Waals surface area contributed by atoms with Gasteiger partial charge in [0.15, 0.2) is 5.76 Å². The van der Waals surface area contributed by atoms with Crippen molar-refractivity contribution in [2.45, 2.75) is 33.6 Å². The molecule has 0 saturated carbocycles. The van der Waals surface area contributed by atoms with E-state index in [2.05, 4.69) is 0 Å². The lowest BCUT2D eigenvalue weighted by Crippen LogP contribution is -2.37. The highest BCUT2D eigenvalue weighted by Crippen LogP contribution is 2.10. The van der Waals surface area contributed by atoms with Gasteiger partial charge in [-0.1, -0.05) is 20.8 Å². The van der Waals surface area contributed by atoms with Gasteiger partial charge in [0.1, 0.15) is 0 Å². The Bertz CT molecular complexity index is 415. The van der Waals surface area contributed by atoms with Gasteiger partial charge in [0, 0.05) is 32.6 Å². The fraction of sp³-hybridized carbons (Fsp3) is 0.600. The van der Waals surface area contributed by atoms with Crippen molar-refractivity contribution >= 4 is 11.8 Å². The Labute approximate surface area is 120 Å². The van der Waals surface area contributed by atoms with Gasteiger partial charge in [-0.2, -0.15) is 0 Å². The SMILES string of the molecule is CC.CCC(=O)N1CCCN(C(=O)c2ccco2)CC1. The molecule has 0 spiro atoms. The zero-order valence-corrected chi connectivity index (χ0v) is 12.6. The van der Waals surface area contributed by atoms with Crippen LogP contribution >= 0.6 is 0 Å². The monoisotopic (exact) mass is 280 g/mol. The van der Waals surface area contributed by atoms with E-state index in [1.165, 1.54) is 6.26 Å². The molecule has 0 bridgehead atoms. The molecule has 1 saturated heterocycles. The maximum atomic E-state index is 12.1. The van der Waals surface area contributed by atoms with Crippen molar-refractivity contribution in [1.82, 2.24) is 9.80 Å². The Morgan fingerprint density at radius 1 is 1.15 bits per heavy atom. The number of amides is 2. The first-order valence-corrected chi connectivity index (χ1v) is 7.33. The largest absolute Gasteiger partial charge is 0.459 e. The molecule has 20 heavy (non-hydrogen) atoms. The van der Waals surface area contributed by atoms with Gasteiger partial charge in [-0.25, -0.2) is 0 Å². The van der Waals surface area contributed by atoms with Crippen molar-refractivity contribution in [2.75, 3.05) is 26.2 Å². The lowest BCUT2D eigenvalue weighted by Gasteiger charge is -2.21. The van der Waals surface area contributed by atoms with Gasteiger partial charge in [0.2, 0.25) is 5.91 Å². The van der Waals surface area contributed by atoms with Crippen LogP contribution in [0.25, 0.3) is 0 Å². The lowest BCUT2D eigenvalue weighted by molar-refractivity contribution is -0.130. The second-order valence-corrected chi connectivity index (χ2v) is 4.36. The van der Waals surface area contributed by atoms with Crippen LogP contribution in [-0.4, -0.2) is 47.8 Å². The van der Waals surface area contributed by atoms with E-state index in [0.29, 0.717) is 31.8 Å². The van der Waals surface area contributed by atoms with Crippen LogP contribution in [0.3, 0.4) is 0 Å². The van der Waals surface area contributed by atoms with Crippen LogP contribution in [0.4, 0.5) is 0 Å². The van der Waals surface area contributed by atoms with Crippen LogP contribution < -0.4 is 0 Å². The van der Waals surface area contributed by atoms with E-state index in [4.69, 9.17) is 4.42 Å². The average molecular weight is 280 g/mol. The summed E-state index contributed by atoms with van der Waals surface area (Å²) in [5, 5.41) is 0. The van der Waals surface area contributed by atoms with Crippen molar-refractivity contribution in [3.8, 4) is 0 Å². The molecule has 2 heterocycles. The van der Waals surface area contributed by atoms with Crippen LogP contribution in [0.5, 0.6) is 0 Å². The standard InChI is InChI=1S/C13H18N2O3.C2H6/c1-2-12(16)14-6-4-7-15(9-8-14)13(17)11-5-3-10-18-11;1-2/h3,5,10H,2,4,6-9H2,1H3;1-2H3. The van der Waals surface area contributed by atoms with E-state index in [1.807, 2.05) is 25.7 Å². The fourth-order valence-electron chi connectivity index (χ4n) is 2.15. The summed E-state index contributed by atoms with van der Waals surface area (Å²) in [4.78, 5) is 27.3. The van der Waals surface area contributed by atoms with Crippen LogP contribution in [0.1, 0.15) is 44.2 Å². The average Bonchev–Trinajstić information content (AvgIpc) is 2.92. The van der Waals surface area contributed by atoms with Crippen molar-refractivity contribution in [3.63, 3.8) is 0 Å². The van der Waals surface area contributed by atoms with Crippen LogP contribution in [0.15, 0.2) is 22.8 Å². The van der Waals surface area contributed by atoms with Crippen molar-refractivity contribution in [3.05, 3.63) is 24.2 Å². The van der Waals surface area contributed by atoms with Gasteiger partial charge < -0.3 is 14.2 Å². The van der Waals surface area contributed by atoms with E-state index in [-0.39, 0.29) is 11.8 Å². The van der Waals surface area contributed by atoms with Gasteiger partial charge in [-0.15, -0.1) is 0 Å². The molecule has 0 N–H and O–H groups in total. The Balaban J connectivity index is 0.000000956. The van der Waals surface area contributed by atoms with E-state index >= 15 is 0 Å². The summed E-state index contributed by atoms with van der Waals surface area (Å²) in [6, 6.07) is 3.38. The maximum absolute atomic E-state index is 12.1. The summed E-state index contributed by atoms with van der Waals surface area (Å²) in [6.07, 6.45) is 2.84. The topological polar surface area (TPSA) is 53.8 Å². The van der Waals surface area contributed by atoms with Crippen LogP contribution in [-0.2, 0) is 4.79 Å². The first kappa shape index (κ1) is 16.3. The van der Waals surface area contributed by atoms with Crippen LogP contribution in [0, 0.1) is 0 Å². The third-order valence-corrected chi connectivity index (χ3v) is 3.17. The molecule has 112 valence electrons. The lowest BCUT2D eigenvalue weighted by atomic mass is 10.3. The van der Waals surface area contributed by atoms with E-state index in [1.54, 1.807) is 17.0 Å². The third-order valence-electron chi connectivity index (χ3n) is 3.17. The molecule has 0 atom stereocenters. The first-order valence-electron chi connectivity index (χ1n) is 7.33. The second kappa shape index (κ2) is 8.40. The summed E-state index contributed by atoms with van der Waals surface area (Å²) in [7, 11) is 0. The highest BCUT2D eigenvalue weighted by molar-refractivity contribution is 5.91. The van der Waals surface area contributed by atoms with Gasteiger partial charge in [-0.3, -0.25) is 9.59 Å². The Morgan fingerprint density at radius 3 is 2.40 bits per heavy atom. The van der Waals surface area contributed by atoms with Gasteiger partial charge >= 0.3 is 0 Å². The number of furan rings is 1. The minimum atomic E-state index is -0.0919. The van der Waals surface area contributed by atoms with E-state index in [0.717, 1.165) is 13.0 Å². The summed E-state index contributed by atoms with van der Waals surface area (Å²) >= 11 is 0. The van der Waals surface area contributed by atoms with E-state index in [9.17, 15) is 9.59 Å². The minimum Gasteiger partial charge on any atom is -0.459 e. The van der Waals surface area contributed by atoms with Crippen molar-refractivity contribution in [2.24, 2.45) is 0 Å². The molecule has 1 fully saturated rings. The normalized spacial score (nSPS) is 15.2. The predicted octanol–water partition coefficient (Wildman–Crippen LogP) is 2.39. The Morgan fingerprint density at radius 2 is 1.80 bits per heavy atom. The minimum absolute atomic E-state index is 0.0919. The molecular weight excluding hydrogens is 256 g/mol. The number of carbonyl (C=O) groups is 2. The van der Waals surface area contributed by atoms with Crippen molar-refractivity contribution in [1.29, 1.82) is 0 Å². The van der Waals surface area contributed by atoms with Gasteiger partial charge in [-0.05, 0) is 18.6 Å². The number of carbonyl (C=O) groups excluding carboxylic acids is 2. The van der Waals surface area contributed by atoms with E-state index < -0.39 is 0 Å². The first-order chi connectivity index (χ1) is 9.72. The number of rotatable bonds is 2. The van der Waals surface area contributed by atoms with Crippen molar-refractivity contribution < 1.29 is 14.0 Å². The zero-order chi connectivity index (χ0) is 15.0. The second-order valence-electron chi connectivity index (χ2n) is 4.36. The zero-order valence-electron chi connectivity index (χ0n) is 12.6. The predicted molar refractivity (Wildman–Crippen MR) is 77.4 cm³/mol. The molecule has 1 aromatic rings. The number of hydrogen-bond donors (Lipinski definition) is 0. The van der Waals surface area contributed by atoms with Gasteiger partial charge in [0.25, 0.3) is 5.91 Å².